The maximum absolute atomic E-state index is 4.76. The number of hydrogen-bond donors (Lipinski definition) is 0. The second-order valence-corrected chi connectivity index (χ2v) is 6.79. The molecule has 2 aromatic rings. The van der Waals surface area contributed by atoms with E-state index in [2.05, 4.69) is 62.2 Å². The standard InChI is InChI=1S/C22H28N2/c1-4-5-15-23-17-21-13-11-19(12-14-21)16-22(2,3)24-18-20-9-7-6-8-10-20/h6-14,17-18H,4-5,15-16H2,1-3H3/b23-17+,24-18+. The van der Waals surface area contributed by atoms with Crippen molar-refractivity contribution >= 4 is 12.4 Å². The molecule has 0 spiro atoms. The molecule has 0 N–H and O–H groups in total. The van der Waals surface area contributed by atoms with Crippen LogP contribution in [0.3, 0.4) is 0 Å². The van der Waals surface area contributed by atoms with Crippen LogP contribution in [-0.4, -0.2) is 24.5 Å². The second-order valence-electron chi connectivity index (χ2n) is 6.79. The molecule has 0 saturated carbocycles. The van der Waals surface area contributed by atoms with E-state index < -0.39 is 0 Å². The van der Waals surface area contributed by atoms with Crippen LogP contribution in [0.15, 0.2) is 64.6 Å². The third kappa shape index (κ3) is 6.49. The zero-order valence-corrected chi connectivity index (χ0v) is 15.1. The lowest BCUT2D eigenvalue weighted by Gasteiger charge is -2.19. The summed E-state index contributed by atoms with van der Waals surface area (Å²) in [4.78, 5) is 9.21. The van der Waals surface area contributed by atoms with E-state index in [-0.39, 0.29) is 5.54 Å². The van der Waals surface area contributed by atoms with Crippen molar-refractivity contribution in [2.24, 2.45) is 9.98 Å². The molecule has 2 rings (SSSR count). The largest absolute Gasteiger partial charge is 0.293 e. The van der Waals surface area contributed by atoms with Crippen molar-refractivity contribution in [2.45, 2.75) is 45.6 Å². The Morgan fingerprint density at radius 1 is 0.875 bits per heavy atom. The van der Waals surface area contributed by atoms with Crippen molar-refractivity contribution in [1.82, 2.24) is 0 Å². The van der Waals surface area contributed by atoms with Crippen LogP contribution in [0.2, 0.25) is 0 Å². The van der Waals surface area contributed by atoms with E-state index in [1.807, 2.05) is 30.6 Å². The summed E-state index contributed by atoms with van der Waals surface area (Å²) in [5, 5.41) is 0. The van der Waals surface area contributed by atoms with Crippen LogP contribution in [0.4, 0.5) is 0 Å². The molecule has 2 nitrogen and oxygen atoms in total. The highest BCUT2D eigenvalue weighted by atomic mass is 14.8. The Hall–Kier alpha value is -2.22. The summed E-state index contributed by atoms with van der Waals surface area (Å²) >= 11 is 0. The zero-order chi connectivity index (χ0) is 17.3. The Labute approximate surface area is 146 Å². The first-order valence-corrected chi connectivity index (χ1v) is 8.78. The van der Waals surface area contributed by atoms with E-state index in [0.717, 1.165) is 24.9 Å². The minimum atomic E-state index is -0.118. The summed E-state index contributed by atoms with van der Waals surface area (Å²) in [6.45, 7) is 7.45. The molecule has 0 aliphatic heterocycles. The fourth-order valence-electron chi connectivity index (χ4n) is 2.47. The number of unbranched alkanes of at least 4 members (excludes halogenated alkanes) is 1. The minimum absolute atomic E-state index is 0.118. The fourth-order valence-corrected chi connectivity index (χ4v) is 2.47. The molecule has 0 aromatic heterocycles. The van der Waals surface area contributed by atoms with Gasteiger partial charge >= 0.3 is 0 Å². The first-order chi connectivity index (χ1) is 11.6. The smallest absolute Gasteiger partial charge is 0.0592 e. The van der Waals surface area contributed by atoms with Gasteiger partial charge in [-0.1, -0.05) is 67.9 Å². The van der Waals surface area contributed by atoms with Crippen LogP contribution in [0.5, 0.6) is 0 Å². The van der Waals surface area contributed by atoms with E-state index in [9.17, 15) is 0 Å². The van der Waals surface area contributed by atoms with Crippen molar-refractivity contribution in [3.05, 3.63) is 71.3 Å². The molecule has 0 fully saturated rings. The summed E-state index contributed by atoms with van der Waals surface area (Å²) < 4.78 is 0. The van der Waals surface area contributed by atoms with Gasteiger partial charge in [0.1, 0.15) is 0 Å². The Balaban J connectivity index is 1.94. The monoisotopic (exact) mass is 320 g/mol. The number of nitrogens with zero attached hydrogens (tertiary/aromatic N) is 2. The topological polar surface area (TPSA) is 24.7 Å². The summed E-state index contributed by atoms with van der Waals surface area (Å²) in [6.07, 6.45) is 7.20. The highest BCUT2D eigenvalue weighted by molar-refractivity contribution is 5.80. The molecule has 0 amide bonds. The Morgan fingerprint density at radius 2 is 1.54 bits per heavy atom. The van der Waals surface area contributed by atoms with Gasteiger partial charge in [0.15, 0.2) is 0 Å². The van der Waals surface area contributed by atoms with Crippen molar-refractivity contribution in [2.75, 3.05) is 6.54 Å². The van der Waals surface area contributed by atoms with E-state index in [1.165, 1.54) is 17.5 Å². The zero-order valence-electron chi connectivity index (χ0n) is 15.1. The first kappa shape index (κ1) is 18.1. The molecule has 0 unspecified atom stereocenters. The van der Waals surface area contributed by atoms with Crippen molar-refractivity contribution in [3.8, 4) is 0 Å². The number of hydrogen-bond acceptors (Lipinski definition) is 2. The molecule has 0 heterocycles. The molecule has 0 aliphatic rings. The molecule has 0 bridgehead atoms. The first-order valence-electron chi connectivity index (χ1n) is 8.78. The van der Waals surface area contributed by atoms with Crippen LogP contribution >= 0.6 is 0 Å². The third-order valence-corrected chi connectivity index (χ3v) is 3.86. The molecule has 0 radical (unpaired) electrons. The summed E-state index contributed by atoms with van der Waals surface area (Å²) in [5.41, 5.74) is 3.49. The van der Waals surface area contributed by atoms with Crippen LogP contribution in [0, 0.1) is 0 Å². The molecule has 2 aromatic carbocycles. The lowest BCUT2D eigenvalue weighted by molar-refractivity contribution is 0.523. The molecular weight excluding hydrogens is 292 g/mol. The van der Waals surface area contributed by atoms with Gasteiger partial charge in [0.2, 0.25) is 0 Å². The van der Waals surface area contributed by atoms with Gasteiger partial charge in [-0.05, 0) is 43.4 Å². The van der Waals surface area contributed by atoms with Crippen LogP contribution in [-0.2, 0) is 6.42 Å². The van der Waals surface area contributed by atoms with Gasteiger partial charge in [-0.2, -0.15) is 0 Å². The van der Waals surface area contributed by atoms with Gasteiger partial charge in [0.05, 0.1) is 5.54 Å². The van der Waals surface area contributed by atoms with Crippen LogP contribution < -0.4 is 0 Å². The summed E-state index contributed by atoms with van der Waals surface area (Å²) in [5.74, 6) is 0. The van der Waals surface area contributed by atoms with Gasteiger partial charge in [0, 0.05) is 19.0 Å². The Bertz CT molecular complexity index is 652. The highest BCUT2D eigenvalue weighted by Gasteiger charge is 2.15. The average molecular weight is 320 g/mol. The Kier molecular flexibility index (Phi) is 6.92. The molecule has 2 heteroatoms. The van der Waals surface area contributed by atoms with Crippen LogP contribution in [0.25, 0.3) is 0 Å². The molecule has 126 valence electrons. The normalized spacial score (nSPS) is 12.3. The molecular formula is C22H28N2. The van der Waals surface area contributed by atoms with E-state index >= 15 is 0 Å². The summed E-state index contributed by atoms with van der Waals surface area (Å²) in [6, 6.07) is 18.9. The fraction of sp³-hybridized carbons (Fsp3) is 0.364. The van der Waals surface area contributed by atoms with Crippen LogP contribution in [0.1, 0.15) is 50.3 Å². The highest BCUT2D eigenvalue weighted by Crippen LogP contribution is 2.17. The average Bonchev–Trinajstić information content (AvgIpc) is 2.59. The molecule has 0 aliphatic carbocycles. The molecule has 0 atom stereocenters. The third-order valence-electron chi connectivity index (χ3n) is 3.86. The van der Waals surface area contributed by atoms with E-state index in [4.69, 9.17) is 4.99 Å². The van der Waals surface area contributed by atoms with Crippen molar-refractivity contribution in [3.63, 3.8) is 0 Å². The van der Waals surface area contributed by atoms with Gasteiger partial charge in [0.25, 0.3) is 0 Å². The predicted octanol–water partition coefficient (Wildman–Crippen LogP) is 5.35. The SMILES string of the molecule is CCCC/N=C/c1ccc(CC(C)(C)/N=C/c2ccccc2)cc1. The minimum Gasteiger partial charge on any atom is -0.293 e. The van der Waals surface area contributed by atoms with Gasteiger partial charge in [-0.3, -0.25) is 9.98 Å². The lowest BCUT2D eigenvalue weighted by atomic mass is 9.95. The van der Waals surface area contributed by atoms with Gasteiger partial charge in [-0.15, -0.1) is 0 Å². The van der Waals surface area contributed by atoms with E-state index in [0.29, 0.717) is 0 Å². The number of benzene rings is 2. The maximum Gasteiger partial charge on any atom is 0.0592 e. The Morgan fingerprint density at radius 3 is 2.21 bits per heavy atom. The summed E-state index contributed by atoms with van der Waals surface area (Å²) in [7, 11) is 0. The number of rotatable bonds is 8. The lowest BCUT2D eigenvalue weighted by Crippen LogP contribution is -2.20. The second kappa shape index (κ2) is 9.17. The molecule has 24 heavy (non-hydrogen) atoms. The maximum atomic E-state index is 4.76. The van der Waals surface area contributed by atoms with Crippen molar-refractivity contribution in [1.29, 1.82) is 0 Å². The quantitative estimate of drug-likeness (QED) is 0.463. The molecule has 0 saturated heterocycles. The number of aliphatic imine (C=N–C) groups is 2. The van der Waals surface area contributed by atoms with Gasteiger partial charge < -0.3 is 0 Å². The van der Waals surface area contributed by atoms with E-state index in [1.54, 1.807) is 0 Å². The van der Waals surface area contributed by atoms with Gasteiger partial charge in [-0.25, -0.2) is 0 Å². The predicted molar refractivity (Wildman–Crippen MR) is 106 cm³/mol. The van der Waals surface area contributed by atoms with Crippen molar-refractivity contribution < 1.29 is 0 Å².